The van der Waals surface area contributed by atoms with Gasteiger partial charge < -0.3 is 0 Å². The molecule has 0 aromatic rings. The highest BCUT2D eigenvalue weighted by molar-refractivity contribution is 7.80. The molecule has 1 unspecified atom stereocenters. The molecule has 0 aliphatic heterocycles. The second-order valence-electron chi connectivity index (χ2n) is 3.03. The fraction of sp³-hybridized carbons (Fsp3) is 0.0833. The fourth-order valence-corrected chi connectivity index (χ4v) is 1.75. The molecule has 13 heavy (non-hydrogen) atoms. The Balaban J connectivity index is 2.44. The summed E-state index contributed by atoms with van der Waals surface area (Å²) in [5.41, 5.74) is 1.26. The summed E-state index contributed by atoms with van der Waals surface area (Å²) < 4.78 is 0. The Bertz CT molecular complexity index is 365. The average Bonchev–Trinajstić information content (AvgIpc) is 2.43. The highest BCUT2D eigenvalue weighted by Gasteiger charge is 2.13. The van der Waals surface area contributed by atoms with Crippen LogP contribution in [0, 0.1) is 5.92 Å². The SMILES string of the molecule is S=C1C=CC=CC2=CC=CC=CC12. The van der Waals surface area contributed by atoms with Gasteiger partial charge in [-0.05, 0) is 11.6 Å². The summed E-state index contributed by atoms with van der Waals surface area (Å²) in [5.74, 6) is 0.278. The zero-order valence-electron chi connectivity index (χ0n) is 7.18. The van der Waals surface area contributed by atoms with Gasteiger partial charge in [-0.1, -0.05) is 60.8 Å². The molecule has 2 aliphatic carbocycles. The monoisotopic (exact) mass is 186 g/mol. The first kappa shape index (κ1) is 8.39. The highest BCUT2D eigenvalue weighted by atomic mass is 32.1. The van der Waals surface area contributed by atoms with Gasteiger partial charge in [-0.15, -0.1) is 0 Å². The van der Waals surface area contributed by atoms with Gasteiger partial charge in [-0.2, -0.15) is 0 Å². The third kappa shape index (κ3) is 1.76. The Morgan fingerprint density at radius 2 is 1.77 bits per heavy atom. The first-order chi connectivity index (χ1) is 6.38. The van der Waals surface area contributed by atoms with E-state index >= 15 is 0 Å². The first-order valence-electron chi connectivity index (χ1n) is 4.31. The lowest BCUT2D eigenvalue weighted by molar-refractivity contribution is 1.10. The molecule has 0 bridgehead atoms. The summed E-state index contributed by atoms with van der Waals surface area (Å²) in [4.78, 5) is 0.983. The van der Waals surface area contributed by atoms with Crippen molar-refractivity contribution in [2.75, 3.05) is 0 Å². The van der Waals surface area contributed by atoms with Crippen LogP contribution in [0.5, 0.6) is 0 Å². The number of hydrogen-bond acceptors (Lipinski definition) is 1. The summed E-state index contributed by atoms with van der Waals surface area (Å²) >= 11 is 5.30. The molecule has 0 nitrogen and oxygen atoms in total. The average molecular weight is 186 g/mol. The molecule has 0 N–H and O–H groups in total. The Hall–Kier alpha value is -1.21. The van der Waals surface area contributed by atoms with Crippen LogP contribution in [0.15, 0.2) is 60.3 Å². The molecule has 0 radical (unpaired) electrons. The summed E-state index contributed by atoms with van der Waals surface area (Å²) in [6, 6.07) is 0. The van der Waals surface area contributed by atoms with Gasteiger partial charge in [0.05, 0.1) is 0 Å². The van der Waals surface area contributed by atoms with Crippen molar-refractivity contribution in [2.45, 2.75) is 0 Å². The molecule has 64 valence electrons. The molecule has 0 spiro atoms. The second-order valence-corrected chi connectivity index (χ2v) is 3.51. The van der Waals surface area contributed by atoms with Gasteiger partial charge in [-0.3, -0.25) is 0 Å². The Morgan fingerprint density at radius 1 is 0.923 bits per heavy atom. The van der Waals surface area contributed by atoms with E-state index in [0.29, 0.717) is 0 Å². The van der Waals surface area contributed by atoms with Crippen molar-refractivity contribution < 1.29 is 0 Å². The number of hydrogen-bond donors (Lipinski definition) is 0. The van der Waals surface area contributed by atoms with Crippen LogP contribution in [0.1, 0.15) is 0 Å². The molecular formula is C12H10S. The minimum atomic E-state index is 0.278. The molecular weight excluding hydrogens is 176 g/mol. The van der Waals surface area contributed by atoms with Crippen molar-refractivity contribution in [3.8, 4) is 0 Å². The molecule has 2 aliphatic rings. The van der Waals surface area contributed by atoms with Crippen LogP contribution in [0.3, 0.4) is 0 Å². The first-order valence-corrected chi connectivity index (χ1v) is 4.72. The maximum Gasteiger partial charge on any atom is 0.0375 e. The van der Waals surface area contributed by atoms with E-state index in [2.05, 4.69) is 18.2 Å². The predicted molar refractivity (Wildman–Crippen MR) is 60.7 cm³/mol. The number of rotatable bonds is 0. The predicted octanol–water partition coefficient (Wildman–Crippen LogP) is 3.15. The summed E-state index contributed by atoms with van der Waals surface area (Å²) in [6.07, 6.45) is 18.5. The van der Waals surface area contributed by atoms with Gasteiger partial charge in [0.25, 0.3) is 0 Å². The molecule has 0 fully saturated rings. The molecule has 1 heteroatoms. The number of thiocarbonyl (C=S) groups is 1. The van der Waals surface area contributed by atoms with Gasteiger partial charge in [-0.25, -0.2) is 0 Å². The van der Waals surface area contributed by atoms with Crippen molar-refractivity contribution >= 4 is 17.1 Å². The van der Waals surface area contributed by atoms with Crippen LogP contribution in [0.4, 0.5) is 0 Å². The normalized spacial score (nSPS) is 25.1. The Morgan fingerprint density at radius 3 is 2.69 bits per heavy atom. The fourth-order valence-electron chi connectivity index (χ4n) is 1.46. The van der Waals surface area contributed by atoms with Crippen molar-refractivity contribution in [2.24, 2.45) is 5.92 Å². The van der Waals surface area contributed by atoms with Gasteiger partial charge in [0.1, 0.15) is 0 Å². The van der Waals surface area contributed by atoms with Crippen LogP contribution >= 0.6 is 12.2 Å². The zero-order chi connectivity index (χ0) is 9.10. The van der Waals surface area contributed by atoms with Crippen LogP contribution < -0.4 is 0 Å². The van der Waals surface area contributed by atoms with Crippen LogP contribution in [0.25, 0.3) is 0 Å². The van der Waals surface area contributed by atoms with E-state index in [4.69, 9.17) is 12.2 Å². The molecule has 0 aromatic carbocycles. The van der Waals surface area contributed by atoms with Crippen LogP contribution in [-0.4, -0.2) is 4.86 Å². The van der Waals surface area contributed by atoms with Crippen molar-refractivity contribution in [3.63, 3.8) is 0 Å². The van der Waals surface area contributed by atoms with Crippen LogP contribution in [0.2, 0.25) is 0 Å². The minimum Gasteiger partial charge on any atom is -0.0839 e. The molecule has 0 saturated heterocycles. The Labute approximate surface area is 83.7 Å². The van der Waals surface area contributed by atoms with E-state index in [1.54, 1.807) is 0 Å². The van der Waals surface area contributed by atoms with E-state index in [9.17, 15) is 0 Å². The molecule has 1 atom stereocenters. The minimum absolute atomic E-state index is 0.278. The van der Waals surface area contributed by atoms with Crippen LogP contribution in [-0.2, 0) is 0 Å². The summed E-state index contributed by atoms with van der Waals surface area (Å²) in [6.45, 7) is 0. The van der Waals surface area contributed by atoms with E-state index in [-0.39, 0.29) is 5.92 Å². The van der Waals surface area contributed by atoms with E-state index in [0.717, 1.165) is 4.86 Å². The standard InChI is InChI=1S/C12H10S/c13-12-9-5-4-7-10-6-2-1-3-8-11(10)12/h1-9,11H. The van der Waals surface area contributed by atoms with Crippen molar-refractivity contribution in [3.05, 3.63) is 60.3 Å². The van der Waals surface area contributed by atoms with Gasteiger partial charge in [0.15, 0.2) is 0 Å². The number of allylic oxidation sites excluding steroid dienone is 10. The van der Waals surface area contributed by atoms with E-state index < -0.39 is 0 Å². The smallest absolute Gasteiger partial charge is 0.0375 e. The maximum absolute atomic E-state index is 5.30. The molecule has 0 heterocycles. The lowest BCUT2D eigenvalue weighted by Gasteiger charge is -2.10. The lowest BCUT2D eigenvalue weighted by Crippen LogP contribution is -2.07. The second kappa shape index (κ2) is 3.67. The summed E-state index contributed by atoms with van der Waals surface area (Å²) in [5, 5.41) is 0. The Kier molecular flexibility index (Phi) is 2.37. The van der Waals surface area contributed by atoms with E-state index in [1.165, 1.54) is 5.57 Å². The topological polar surface area (TPSA) is 0 Å². The van der Waals surface area contributed by atoms with Crippen molar-refractivity contribution in [1.29, 1.82) is 0 Å². The van der Waals surface area contributed by atoms with E-state index in [1.807, 2.05) is 36.5 Å². The van der Waals surface area contributed by atoms with Crippen molar-refractivity contribution in [1.82, 2.24) is 0 Å². The van der Waals surface area contributed by atoms with Gasteiger partial charge in [0.2, 0.25) is 0 Å². The quantitative estimate of drug-likeness (QED) is 0.524. The zero-order valence-corrected chi connectivity index (χ0v) is 8.00. The molecule has 0 amide bonds. The van der Waals surface area contributed by atoms with Gasteiger partial charge in [0, 0.05) is 10.8 Å². The highest BCUT2D eigenvalue weighted by Crippen LogP contribution is 2.21. The number of fused-ring (bicyclic) bond motifs is 1. The largest absolute Gasteiger partial charge is 0.0839 e. The lowest BCUT2D eigenvalue weighted by atomic mass is 9.96. The molecule has 0 saturated carbocycles. The third-order valence-corrected chi connectivity index (χ3v) is 2.53. The van der Waals surface area contributed by atoms with Gasteiger partial charge >= 0.3 is 0 Å². The molecule has 0 aromatic heterocycles. The summed E-state index contributed by atoms with van der Waals surface area (Å²) in [7, 11) is 0. The third-order valence-electron chi connectivity index (χ3n) is 2.14. The molecule has 2 rings (SSSR count). The maximum atomic E-state index is 5.30.